The van der Waals surface area contributed by atoms with E-state index in [-0.39, 0.29) is 5.95 Å². The van der Waals surface area contributed by atoms with Crippen LogP contribution in [-0.4, -0.2) is 32.3 Å². The van der Waals surface area contributed by atoms with Gasteiger partial charge >= 0.3 is 0 Å². The lowest BCUT2D eigenvalue weighted by Crippen LogP contribution is -2.00. The number of hydrogen-bond donors (Lipinski definition) is 1. The molecule has 0 saturated carbocycles. The Hall–Kier alpha value is -3.09. The van der Waals surface area contributed by atoms with E-state index in [2.05, 4.69) is 25.1 Å². The van der Waals surface area contributed by atoms with Crippen LogP contribution < -0.4 is 10.5 Å². The minimum atomic E-state index is 0.201. The molecule has 0 bridgehead atoms. The largest absolute Gasteiger partial charge is 0.480 e. The number of pyridine rings is 1. The maximum absolute atomic E-state index is 5.69. The smallest absolute Gasteiger partial charge is 0.233 e. The molecule has 0 amide bonds. The number of rotatable bonds is 3. The van der Waals surface area contributed by atoms with Crippen LogP contribution in [0.2, 0.25) is 0 Å². The quantitative estimate of drug-likeness (QED) is 0.777. The van der Waals surface area contributed by atoms with E-state index in [9.17, 15) is 0 Å². The molecule has 3 heterocycles. The van der Waals surface area contributed by atoms with Crippen LogP contribution in [0.15, 0.2) is 42.9 Å². The summed E-state index contributed by atoms with van der Waals surface area (Å²) in [6.07, 6.45) is 5.02. The van der Waals surface area contributed by atoms with E-state index in [0.717, 1.165) is 11.1 Å². The second-order valence-corrected chi connectivity index (χ2v) is 4.19. The van der Waals surface area contributed by atoms with E-state index in [1.807, 2.05) is 12.1 Å². The van der Waals surface area contributed by atoms with Crippen molar-refractivity contribution < 1.29 is 4.74 Å². The highest BCUT2D eigenvalue weighted by Gasteiger charge is 2.12. The first-order valence-corrected chi connectivity index (χ1v) is 6.19. The Kier molecular flexibility index (Phi) is 3.38. The second-order valence-electron chi connectivity index (χ2n) is 4.19. The zero-order valence-electron chi connectivity index (χ0n) is 11.3. The van der Waals surface area contributed by atoms with Crippen LogP contribution in [0.3, 0.4) is 0 Å². The Labute approximate surface area is 120 Å². The van der Waals surface area contributed by atoms with Crippen LogP contribution in [0.5, 0.6) is 5.88 Å². The first-order valence-electron chi connectivity index (χ1n) is 6.19. The van der Waals surface area contributed by atoms with Gasteiger partial charge in [-0.15, -0.1) is 10.2 Å². The van der Waals surface area contributed by atoms with E-state index < -0.39 is 0 Å². The zero-order valence-corrected chi connectivity index (χ0v) is 11.3. The third kappa shape index (κ3) is 2.62. The summed E-state index contributed by atoms with van der Waals surface area (Å²) < 4.78 is 5.01. The summed E-state index contributed by atoms with van der Waals surface area (Å²) in [5.74, 6) is 0.646. The van der Waals surface area contributed by atoms with Gasteiger partial charge in [-0.3, -0.25) is 4.98 Å². The molecule has 7 nitrogen and oxygen atoms in total. The van der Waals surface area contributed by atoms with Crippen molar-refractivity contribution >= 4 is 5.95 Å². The summed E-state index contributed by atoms with van der Waals surface area (Å²) in [5.41, 5.74) is 8.64. The van der Waals surface area contributed by atoms with Crippen molar-refractivity contribution in [1.82, 2.24) is 25.1 Å². The maximum atomic E-state index is 5.69. The van der Waals surface area contributed by atoms with Gasteiger partial charge < -0.3 is 10.5 Å². The Morgan fingerprint density at radius 3 is 2.52 bits per heavy atom. The van der Waals surface area contributed by atoms with Gasteiger partial charge in [-0.2, -0.15) is 0 Å². The molecule has 0 fully saturated rings. The molecular formula is C14H12N6O. The van der Waals surface area contributed by atoms with Crippen molar-refractivity contribution in [3.8, 4) is 28.4 Å². The molecule has 0 radical (unpaired) electrons. The van der Waals surface area contributed by atoms with Crippen LogP contribution in [0.1, 0.15) is 0 Å². The predicted molar refractivity (Wildman–Crippen MR) is 77.3 cm³/mol. The average molecular weight is 280 g/mol. The molecule has 0 spiro atoms. The third-order valence-corrected chi connectivity index (χ3v) is 2.89. The van der Waals surface area contributed by atoms with Gasteiger partial charge in [0.2, 0.25) is 11.8 Å². The summed E-state index contributed by atoms with van der Waals surface area (Å²) in [5, 5.41) is 8.08. The van der Waals surface area contributed by atoms with Gasteiger partial charge in [-0.25, -0.2) is 9.97 Å². The molecular weight excluding hydrogens is 268 g/mol. The molecule has 0 aliphatic rings. The zero-order chi connectivity index (χ0) is 14.7. The number of methoxy groups -OCH3 is 1. The summed E-state index contributed by atoms with van der Waals surface area (Å²) in [6.45, 7) is 0. The summed E-state index contributed by atoms with van der Waals surface area (Å²) in [7, 11) is 1.54. The Bertz CT molecular complexity index is 745. The molecule has 0 aromatic carbocycles. The highest BCUT2D eigenvalue weighted by Crippen LogP contribution is 2.28. The van der Waals surface area contributed by atoms with Crippen LogP contribution in [0, 0.1) is 0 Å². The average Bonchev–Trinajstić information content (AvgIpc) is 2.56. The topological polar surface area (TPSA) is 99.7 Å². The highest BCUT2D eigenvalue weighted by atomic mass is 16.5. The Morgan fingerprint density at radius 1 is 1.05 bits per heavy atom. The van der Waals surface area contributed by atoms with Gasteiger partial charge in [0, 0.05) is 35.8 Å². The van der Waals surface area contributed by atoms with Crippen LogP contribution in [0.25, 0.3) is 22.5 Å². The molecule has 0 atom stereocenters. The van der Waals surface area contributed by atoms with E-state index in [1.165, 1.54) is 0 Å². The van der Waals surface area contributed by atoms with Gasteiger partial charge in [-0.05, 0) is 18.2 Å². The fourth-order valence-corrected chi connectivity index (χ4v) is 1.89. The first kappa shape index (κ1) is 12.9. The molecule has 0 saturated heterocycles. The molecule has 0 unspecified atom stereocenters. The van der Waals surface area contributed by atoms with Crippen molar-refractivity contribution in [3.05, 3.63) is 42.9 Å². The van der Waals surface area contributed by atoms with Crippen LogP contribution in [0.4, 0.5) is 5.95 Å². The third-order valence-electron chi connectivity index (χ3n) is 2.89. The molecule has 3 rings (SSSR count). The summed E-state index contributed by atoms with van der Waals surface area (Å²) in [4.78, 5) is 12.3. The molecule has 104 valence electrons. The van der Waals surface area contributed by atoms with E-state index in [0.29, 0.717) is 17.3 Å². The molecule has 2 N–H and O–H groups in total. The standard InChI is InChI=1S/C14H12N6O/c1-21-12-3-2-11(19-20-12)10-8-17-14(15)18-13(10)9-4-6-16-7-5-9/h2-8H,1H3,(H2,15,17,18). The number of hydrogen-bond acceptors (Lipinski definition) is 7. The van der Waals surface area contributed by atoms with Crippen LogP contribution in [-0.2, 0) is 0 Å². The first-order chi connectivity index (χ1) is 10.3. The molecule has 7 heteroatoms. The lowest BCUT2D eigenvalue weighted by molar-refractivity contribution is 0.392. The van der Waals surface area contributed by atoms with E-state index in [1.54, 1.807) is 37.8 Å². The number of nitrogens with zero attached hydrogens (tertiary/aromatic N) is 5. The maximum Gasteiger partial charge on any atom is 0.233 e. The van der Waals surface area contributed by atoms with Crippen molar-refractivity contribution in [1.29, 1.82) is 0 Å². The molecule has 3 aromatic rings. The second kappa shape index (κ2) is 5.49. The van der Waals surface area contributed by atoms with Crippen molar-refractivity contribution in [3.63, 3.8) is 0 Å². The van der Waals surface area contributed by atoms with Crippen LogP contribution >= 0.6 is 0 Å². The van der Waals surface area contributed by atoms with Crippen molar-refractivity contribution in [2.75, 3.05) is 12.8 Å². The Morgan fingerprint density at radius 2 is 1.86 bits per heavy atom. The molecule has 0 aliphatic heterocycles. The fourth-order valence-electron chi connectivity index (χ4n) is 1.89. The number of ether oxygens (including phenoxy) is 1. The highest BCUT2D eigenvalue weighted by molar-refractivity contribution is 5.78. The van der Waals surface area contributed by atoms with E-state index in [4.69, 9.17) is 10.5 Å². The SMILES string of the molecule is COc1ccc(-c2cnc(N)nc2-c2ccncc2)nn1. The number of anilines is 1. The number of nitrogens with two attached hydrogens (primary N) is 1. The monoisotopic (exact) mass is 280 g/mol. The lowest BCUT2D eigenvalue weighted by Gasteiger charge is -2.08. The number of nitrogen functional groups attached to an aromatic ring is 1. The van der Waals surface area contributed by atoms with Gasteiger partial charge in [-0.1, -0.05) is 0 Å². The Balaban J connectivity index is 2.13. The number of aromatic nitrogens is 5. The van der Waals surface area contributed by atoms with Gasteiger partial charge in [0.25, 0.3) is 0 Å². The molecule has 0 aliphatic carbocycles. The van der Waals surface area contributed by atoms with Crippen molar-refractivity contribution in [2.24, 2.45) is 0 Å². The lowest BCUT2D eigenvalue weighted by atomic mass is 10.1. The minimum absolute atomic E-state index is 0.201. The summed E-state index contributed by atoms with van der Waals surface area (Å²) >= 11 is 0. The van der Waals surface area contributed by atoms with Gasteiger partial charge in [0.05, 0.1) is 18.5 Å². The normalized spacial score (nSPS) is 10.3. The fraction of sp³-hybridized carbons (Fsp3) is 0.0714. The van der Waals surface area contributed by atoms with Crippen molar-refractivity contribution in [2.45, 2.75) is 0 Å². The van der Waals surface area contributed by atoms with E-state index >= 15 is 0 Å². The molecule has 21 heavy (non-hydrogen) atoms. The summed E-state index contributed by atoms with van der Waals surface area (Å²) in [6, 6.07) is 7.23. The van der Waals surface area contributed by atoms with Gasteiger partial charge in [0.15, 0.2) is 0 Å². The minimum Gasteiger partial charge on any atom is -0.480 e. The predicted octanol–water partition coefficient (Wildman–Crippen LogP) is 1.59. The van der Waals surface area contributed by atoms with Gasteiger partial charge in [0.1, 0.15) is 0 Å². The molecule has 3 aromatic heterocycles.